The van der Waals surface area contributed by atoms with Gasteiger partial charge in [0.1, 0.15) is 18.1 Å². The molecule has 0 unspecified atom stereocenters. The van der Waals surface area contributed by atoms with Crippen molar-refractivity contribution in [2.24, 2.45) is 0 Å². The Hall–Kier alpha value is -3.15. The largest absolute Gasteiger partial charge is 0.494 e. The van der Waals surface area contributed by atoms with Crippen LogP contribution in [-0.2, 0) is 13.2 Å². The number of rotatable bonds is 11. The molecule has 0 amide bonds. The molecule has 0 spiro atoms. The molecule has 0 radical (unpaired) electrons. The van der Waals surface area contributed by atoms with Crippen molar-refractivity contribution in [3.8, 4) is 11.5 Å². The second-order valence-electron chi connectivity index (χ2n) is 7.26. The predicted molar refractivity (Wildman–Crippen MR) is 117 cm³/mol. The summed E-state index contributed by atoms with van der Waals surface area (Å²) >= 11 is 0. The normalized spacial score (nSPS) is 10.7. The van der Waals surface area contributed by atoms with Gasteiger partial charge in [0.15, 0.2) is 5.82 Å². The molecule has 2 heterocycles. The van der Waals surface area contributed by atoms with Crippen LogP contribution in [0, 0.1) is 6.92 Å². The van der Waals surface area contributed by atoms with Gasteiger partial charge in [-0.2, -0.15) is 0 Å². The Balaban J connectivity index is 1.57. The van der Waals surface area contributed by atoms with E-state index in [1.165, 1.54) is 25.3 Å². The smallest absolute Gasteiger partial charge is 0.254 e. The standard InChI is InChI=1S/C24H29N3O3/c1-3-4-5-6-14-29-21-10-8-20(9-11-21)17-27-19(2)15-22(16-24(27)28)30-18-23-25-12-7-13-26-23/h7-13,15-16H,3-6,14,17-18H2,1-2H3. The quantitative estimate of drug-likeness (QED) is 0.437. The molecule has 6 heteroatoms. The summed E-state index contributed by atoms with van der Waals surface area (Å²) in [7, 11) is 0. The van der Waals surface area contributed by atoms with Gasteiger partial charge < -0.3 is 14.0 Å². The first kappa shape index (κ1) is 21.6. The average Bonchev–Trinajstić information content (AvgIpc) is 2.76. The van der Waals surface area contributed by atoms with E-state index in [4.69, 9.17) is 9.47 Å². The first-order chi connectivity index (χ1) is 14.7. The molecular formula is C24H29N3O3. The topological polar surface area (TPSA) is 66.2 Å². The fourth-order valence-corrected chi connectivity index (χ4v) is 3.13. The van der Waals surface area contributed by atoms with Gasteiger partial charge in [0, 0.05) is 24.2 Å². The molecule has 1 aromatic carbocycles. The van der Waals surface area contributed by atoms with E-state index in [2.05, 4.69) is 16.9 Å². The predicted octanol–water partition coefficient (Wildman–Crippen LogP) is 4.53. The van der Waals surface area contributed by atoms with E-state index < -0.39 is 0 Å². The molecule has 158 valence electrons. The minimum atomic E-state index is -0.102. The van der Waals surface area contributed by atoms with Crippen molar-refractivity contribution in [3.05, 3.63) is 82.3 Å². The zero-order valence-electron chi connectivity index (χ0n) is 17.7. The number of aryl methyl sites for hydroxylation is 1. The van der Waals surface area contributed by atoms with Crippen LogP contribution in [-0.4, -0.2) is 21.1 Å². The number of ether oxygens (including phenoxy) is 2. The molecule has 2 aromatic heterocycles. The van der Waals surface area contributed by atoms with Crippen molar-refractivity contribution in [3.63, 3.8) is 0 Å². The van der Waals surface area contributed by atoms with Gasteiger partial charge in [0.2, 0.25) is 0 Å². The lowest BCUT2D eigenvalue weighted by Crippen LogP contribution is -2.22. The summed E-state index contributed by atoms with van der Waals surface area (Å²) in [6.07, 6.45) is 8.08. The van der Waals surface area contributed by atoms with Gasteiger partial charge in [-0.1, -0.05) is 38.3 Å². The first-order valence-corrected chi connectivity index (χ1v) is 10.5. The van der Waals surface area contributed by atoms with E-state index in [0.29, 0.717) is 18.1 Å². The van der Waals surface area contributed by atoms with E-state index >= 15 is 0 Å². The van der Waals surface area contributed by atoms with Gasteiger partial charge >= 0.3 is 0 Å². The van der Waals surface area contributed by atoms with Crippen LogP contribution >= 0.6 is 0 Å². The van der Waals surface area contributed by atoms with E-state index in [1.807, 2.05) is 37.3 Å². The number of unbranched alkanes of at least 4 members (excludes halogenated alkanes) is 3. The van der Waals surface area contributed by atoms with Crippen LogP contribution < -0.4 is 15.0 Å². The van der Waals surface area contributed by atoms with Crippen molar-refractivity contribution < 1.29 is 9.47 Å². The number of aromatic nitrogens is 3. The van der Waals surface area contributed by atoms with E-state index in [-0.39, 0.29) is 12.2 Å². The van der Waals surface area contributed by atoms with E-state index in [1.54, 1.807) is 23.0 Å². The van der Waals surface area contributed by atoms with Crippen LogP contribution in [0.1, 0.15) is 49.7 Å². The Morgan fingerprint density at radius 1 is 0.933 bits per heavy atom. The summed E-state index contributed by atoms with van der Waals surface area (Å²) in [4.78, 5) is 20.8. The molecule has 0 N–H and O–H groups in total. The van der Waals surface area contributed by atoms with Gasteiger partial charge in [-0.05, 0) is 43.2 Å². The van der Waals surface area contributed by atoms with Crippen molar-refractivity contribution in [2.75, 3.05) is 6.61 Å². The number of nitrogens with zero attached hydrogens (tertiary/aromatic N) is 3. The van der Waals surface area contributed by atoms with Gasteiger partial charge in [0.05, 0.1) is 13.2 Å². The highest BCUT2D eigenvalue weighted by Gasteiger charge is 2.07. The highest BCUT2D eigenvalue weighted by Crippen LogP contribution is 2.16. The van der Waals surface area contributed by atoms with Gasteiger partial charge in [-0.3, -0.25) is 4.79 Å². The molecule has 0 atom stereocenters. The van der Waals surface area contributed by atoms with Crippen molar-refractivity contribution >= 4 is 0 Å². The van der Waals surface area contributed by atoms with Gasteiger partial charge in [-0.15, -0.1) is 0 Å². The van der Waals surface area contributed by atoms with Crippen molar-refractivity contribution in [1.29, 1.82) is 0 Å². The Labute approximate surface area is 177 Å². The summed E-state index contributed by atoms with van der Waals surface area (Å²) in [5, 5.41) is 0. The third kappa shape index (κ3) is 6.44. The Morgan fingerprint density at radius 3 is 2.40 bits per heavy atom. The van der Waals surface area contributed by atoms with Crippen LogP contribution in [0.5, 0.6) is 11.5 Å². The Kier molecular flexibility index (Phi) is 8.01. The summed E-state index contributed by atoms with van der Waals surface area (Å²) in [6, 6.07) is 13.1. The molecule has 0 saturated heterocycles. The summed E-state index contributed by atoms with van der Waals surface area (Å²) in [5.41, 5.74) is 1.78. The third-order valence-corrected chi connectivity index (χ3v) is 4.83. The van der Waals surface area contributed by atoms with Crippen LogP contribution in [0.25, 0.3) is 0 Å². The van der Waals surface area contributed by atoms with Crippen molar-refractivity contribution in [2.45, 2.75) is 52.7 Å². The van der Waals surface area contributed by atoms with Crippen molar-refractivity contribution in [1.82, 2.24) is 14.5 Å². The summed E-state index contributed by atoms with van der Waals surface area (Å²) < 4.78 is 13.2. The lowest BCUT2D eigenvalue weighted by atomic mass is 10.2. The maximum Gasteiger partial charge on any atom is 0.254 e. The Morgan fingerprint density at radius 2 is 1.70 bits per heavy atom. The van der Waals surface area contributed by atoms with Crippen LogP contribution in [0.15, 0.2) is 59.7 Å². The lowest BCUT2D eigenvalue weighted by molar-refractivity contribution is 0.294. The second kappa shape index (κ2) is 11.1. The fourth-order valence-electron chi connectivity index (χ4n) is 3.13. The highest BCUT2D eigenvalue weighted by atomic mass is 16.5. The lowest BCUT2D eigenvalue weighted by Gasteiger charge is -2.13. The molecule has 0 aliphatic carbocycles. The minimum Gasteiger partial charge on any atom is -0.494 e. The molecule has 0 fully saturated rings. The third-order valence-electron chi connectivity index (χ3n) is 4.83. The second-order valence-corrected chi connectivity index (χ2v) is 7.26. The SMILES string of the molecule is CCCCCCOc1ccc(Cn2c(C)cc(OCc3ncccn3)cc2=O)cc1. The van der Waals surface area contributed by atoms with Crippen LogP contribution in [0.2, 0.25) is 0 Å². The van der Waals surface area contributed by atoms with Gasteiger partial charge in [-0.25, -0.2) is 9.97 Å². The zero-order valence-corrected chi connectivity index (χ0v) is 17.7. The monoisotopic (exact) mass is 407 g/mol. The Bertz CT molecular complexity index is 969. The first-order valence-electron chi connectivity index (χ1n) is 10.5. The number of pyridine rings is 1. The molecule has 0 aliphatic rings. The molecular weight excluding hydrogens is 378 g/mol. The molecule has 3 aromatic rings. The minimum absolute atomic E-state index is 0.102. The fraction of sp³-hybridized carbons (Fsp3) is 0.375. The highest BCUT2D eigenvalue weighted by molar-refractivity contribution is 5.29. The van der Waals surface area contributed by atoms with Crippen LogP contribution in [0.3, 0.4) is 0 Å². The van der Waals surface area contributed by atoms with E-state index in [0.717, 1.165) is 30.0 Å². The average molecular weight is 408 g/mol. The van der Waals surface area contributed by atoms with Gasteiger partial charge in [0.25, 0.3) is 5.56 Å². The maximum atomic E-state index is 12.6. The summed E-state index contributed by atoms with van der Waals surface area (Å²) in [6.45, 7) is 5.58. The molecule has 3 rings (SSSR count). The molecule has 30 heavy (non-hydrogen) atoms. The molecule has 0 saturated carbocycles. The number of hydrogen-bond acceptors (Lipinski definition) is 5. The maximum absolute atomic E-state index is 12.6. The van der Waals surface area contributed by atoms with E-state index in [9.17, 15) is 4.79 Å². The zero-order chi connectivity index (χ0) is 21.2. The molecule has 6 nitrogen and oxygen atoms in total. The number of benzene rings is 1. The van der Waals surface area contributed by atoms with Crippen LogP contribution in [0.4, 0.5) is 0 Å². The number of hydrogen-bond donors (Lipinski definition) is 0. The molecule has 0 bridgehead atoms. The molecule has 0 aliphatic heterocycles. The summed E-state index contributed by atoms with van der Waals surface area (Å²) in [5.74, 6) is 1.96.